The van der Waals surface area contributed by atoms with Crippen LogP contribution in [0.3, 0.4) is 0 Å². The molecule has 0 atom stereocenters. The van der Waals surface area contributed by atoms with Crippen LogP contribution < -0.4 is 0 Å². The van der Waals surface area contributed by atoms with Gasteiger partial charge in [0.1, 0.15) is 0 Å². The van der Waals surface area contributed by atoms with Crippen LogP contribution in [-0.4, -0.2) is 4.57 Å². The van der Waals surface area contributed by atoms with Gasteiger partial charge in [-0.3, -0.25) is 0 Å². The fraction of sp³-hybridized carbons (Fsp3) is 0.308. The summed E-state index contributed by atoms with van der Waals surface area (Å²) >= 11 is 0. The summed E-state index contributed by atoms with van der Waals surface area (Å²) in [5.41, 5.74) is 2.60. The second kappa shape index (κ2) is 15.7. The molecule has 3 aromatic carbocycles. The van der Waals surface area contributed by atoms with Crippen molar-refractivity contribution in [1.82, 2.24) is 4.57 Å². The van der Waals surface area contributed by atoms with E-state index in [4.69, 9.17) is 0 Å². The Morgan fingerprint density at radius 3 is 1.07 bits per heavy atom. The van der Waals surface area contributed by atoms with Crippen molar-refractivity contribution >= 4 is 21.8 Å². The van der Waals surface area contributed by atoms with Gasteiger partial charge in [-0.25, -0.2) is 0 Å². The zero-order valence-corrected chi connectivity index (χ0v) is 18.2. The van der Waals surface area contributed by atoms with Crippen molar-refractivity contribution < 1.29 is 0 Å². The van der Waals surface area contributed by atoms with Gasteiger partial charge in [0.2, 0.25) is 0 Å². The third-order valence-corrected chi connectivity index (χ3v) is 3.49. The quantitative estimate of drug-likeness (QED) is 0.295. The normalized spacial score (nSPS) is 8.70. The van der Waals surface area contributed by atoms with Gasteiger partial charge in [0.25, 0.3) is 0 Å². The number of benzene rings is 3. The molecule has 0 amide bonds. The maximum absolute atomic E-state index is 2.24. The van der Waals surface area contributed by atoms with Crippen molar-refractivity contribution in [3.05, 3.63) is 84.9 Å². The lowest BCUT2D eigenvalue weighted by Crippen LogP contribution is -1.84. The maximum atomic E-state index is 2.24. The number of hydrogen-bond donors (Lipinski definition) is 0. The SMILES string of the molecule is CC.CC.CCC.Cn1c2ccccc2c2ccccc21.c1ccccc1. The fourth-order valence-corrected chi connectivity index (χ4v) is 2.50. The number of rotatable bonds is 0. The molecule has 1 heteroatoms. The molecule has 4 aromatic rings. The summed E-state index contributed by atoms with van der Waals surface area (Å²) in [6.07, 6.45) is 1.25. The van der Waals surface area contributed by atoms with Crippen molar-refractivity contribution in [2.45, 2.75) is 48.0 Å². The largest absolute Gasteiger partial charge is 0.344 e. The Morgan fingerprint density at radius 2 is 0.778 bits per heavy atom. The van der Waals surface area contributed by atoms with Crippen LogP contribution in [0.2, 0.25) is 0 Å². The van der Waals surface area contributed by atoms with Gasteiger partial charge in [-0.1, -0.05) is 121 Å². The molecular weight excluding hydrogens is 326 g/mol. The number of hydrogen-bond acceptors (Lipinski definition) is 0. The summed E-state index contributed by atoms with van der Waals surface area (Å²) in [5.74, 6) is 0. The number of para-hydroxylation sites is 2. The monoisotopic (exact) mass is 363 g/mol. The van der Waals surface area contributed by atoms with E-state index < -0.39 is 0 Å². The van der Waals surface area contributed by atoms with E-state index in [9.17, 15) is 0 Å². The van der Waals surface area contributed by atoms with Gasteiger partial charge >= 0.3 is 0 Å². The van der Waals surface area contributed by atoms with Gasteiger partial charge < -0.3 is 4.57 Å². The standard InChI is InChI=1S/C13H11N.C6H6.C3H8.2C2H6/c1-14-12-8-4-2-6-10(12)11-7-3-5-9-13(11)14;1-2-4-6-5-3-1;1-3-2;2*1-2/h2-9H,1H3;1-6H;3H2,1-2H3;2*1-2H3. The Balaban J connectivity index is 0.000000437. The summed E-state index contributed by atoms with van der Waals surface area (Å²) in [5, 5.41) is 2.68. The van der Waals surface area contributed by atoms with Crippen LogP contribution in [0.5, 0.6) is 0 Å². The van der Waals surface area contributed by atoms with E-state index in [1.165, 1.54) is 28.2 Å². The minimum absolute atomic E-state index is 1.25. The van der Waals surface area contributed by atoms with E-state index >= 15 is 0 Å². The van der Waals surface area contributed by atoms with E-state index in [-0.39, 0.29) is 0 Å². The Morgan fingerprint density at radius 1 is 0.519 bits per heavy atom. The molecule has 0 saturated heterocycles. The molecule has 146 valence electrons. The first kappa shape index (κ1) is 24.5. The molecule has 1 nitrogen and oxygen atoms in total. The summed E-state index contributed by atoms with van der Waals surface area (Å²) in [6.45, 7) is 12.2. The Hall–Kier alpha value is -2.54. The molecular formula is C26H37N. The van der Waals surface area contributed by atoms with Gasteiger partial charge in [0.15, 0.2) is 0 Å². The van der Waals surface area contributed by atoms with Gasteiger partial charge in [-0.2, -0.15) is 0 Å². The van der Waals surface area contributed by atoms with Crippen molar-refractivity contribution in [3.8, 4) is 0 Å². The lowest BCUT2D eigenvalue weighted by molar-refractivity contribution is 1.01. The third-order valence-electron chi connectivity index (χ3n) is 3.49. The number of nitrogens with zero attached hydrogens (tertiary/aromatic N) is 1. The highest BCUT2D eigenvalue weighted by Gasteiger charge is 2.04. The summed E-state index contributed by atoms with van der Waals surface area (Å²) in [6, 6.07) is 29.0. The number of aryl methyl sites for hydroxylation is 1. The van der Waals surface area contributed by atoms with Crippen LogP contribution in [-0.2, 0) is 7.05 Å². The molecule has 27 heavy (non-hydrogen) atoms. The average Bonchev–Trinajstić information content (AvgIpc) is 3.06. The molecule has 1 heterocycles. The topological polar surface area (TPSA) is 4.93 Å². The molecule has 0 aliphatic heterocycles. The summed E-state index contributed by atoms with van der Waals surface area (Å²) in [7, 11) is 2.12. The summed E-state index contributed by atoms with van der Waals surface area (Å²) < 4.78 is 2.24. The van der Waals surface area contributed by atoms with Crippen LogP contribution in [0.25, 0.3) is 21.8 Å². The van der Waals surface area contributed by atoms with E-state index in [1.807, 2.05) is 64.1 Å². The predicted octanol–water partition coefficient (Wildman–Crippen LogP) is 8.49. The molecule has 0 spiro atoms. The molecule has 0 saturated carbocycles. The van der Waals surface area contributed by atoms with Crippen molar-refractivity contribution in [2.24, 2.45) is 7.05 Å². The van der Waals surface area contributed by atoms with E-state index in [0.717, 1.165) is 0 Å². The average molecular weight is 364 g/mol. The highest BCUT2D eigenvalue weighted by Crippen LogP contribution is 2.26. The first-order valence-electron chi connectivity index (χ1n) is 10.2. The maximum Gasteiger partial charge on any atom is 0.0488 e. The Bertz CT molecular complexity index is 749. The van der Waals surface area contributed by atoms with Gasteiger partial charge in [0, 0.05) is 28.9 Å². The molecule has 0 fully saturated rings. The Kier molecular flexibility index (Phi) is 14.2. The molecule has 0 aliphatic carbocycles. The molecule has 4 rings (SSSR count). The summed E-state index contributed by atoms with van der Waals surface area (Å²) in [4.78, 5) is 0. The van der Waals surface area contributed by atoms with Crippen LogP contribution in [0.4, 0.5) is 0 Å². The molecule has 0 N–H and O–H groups in total. The molecule has 1 aromatic heterocycles. The van der Waals surface area contributed by atoms with Crippen molar-refractivity contribution in [2.75, 3.05) is 0 Å². The second-order valence-corrected chi connectivity index (χ2v) is 5.46. The highest BCUT2D eigenvalue weighted by molar-refractivity contribution is 6.07. The van der Waals surface area contributed by atoms with Crippen LogP contribution in [0.1, 0.15) is 48.0 Å². The predicted molar refractivity (Wildman–Crippen MR) is 126 cm³/mol. The van der Waals surface area contributed by atoms with E-state index in [1.54, 1.807) is 0 Å². The lowest BCUT2D eigenvalue weighted by Gasteiger charge is -1.95. The van der Waals surface area contributed by atoms with Crippen LogP contribution >= 0.6 is 0 Å². The zero-order valence-electron chi connectivity index (χ0n) is 18.2. The number of aromatic nitrogens is 1. The highest BCUT2D eigenvalue weighted by atomic mass is 14.9. The number of fused-ring (bicyclic) bond motifs is 3. The molecule has 0 unspecified atom stereocenters. The van der Waals surface area contributed by atoms with Crippen molar-refractivity contribution in [3.63, 3.8) is 0 Å². The molecule has 0 bridgehead atoms. The van der Waals surface area contributed by atoms with E-state index in [0.29, 0.717) is 0 Å². The lowest BCUT2D eigenvalue weighted by atomic mass is 10.2. The van der Waals surface area contributed by atoms with Crippen LogP contribution in [0.15, 0.2) is 84.9 Å². The van der Waals surface area contributed by atoms with E-state index in [2.05, 4.69) is 74.0 Å². The molecule has 0 radical (unpaired) electrons. The molecule has 0 aliphatic rings. The van der Waals surface area contributed by atoms with Gasteiger partial charge in [-0.05, 0) is 12.1 Å². The fourth-order valence-electron chi connectivity index (χ4n) is 2.50. The van der Waals surface area contributed by atoms with Crippen molar-refractivity contribution in [1.29, 1.82) is 0 Å². The minimum atomic E-state index is 1.25. The first-order valence-corrected chi connectivity index (χ1v) is 10.2. The van der Waals surface area contributed by atoms with Gasteiger partial charge in [-0.15, -0.1) is 0 Å². The smallest absolute Gasteiger partial charge is 0.0488 e. The third kappa shape index (κ3) is 7.70. The zero-order chi connectivity index (χ0) is 20.5. The first-order chi connectivity index (χ1) is 13.3. The Labute approximate surface area is 166 Å². The minimum Gasteiger partial charge on any atom is -0.344 e. The van der Waals surface area contributed by atoms with Crippen LogP contribution in [0, 0.1) is 0 Å². The second-order valence-electron chi connectivity index (χ2n) is 5.46. The van der Waals surface area contributed by atoms with Gasteiger partial charge in [0.05, 0.1) is 0 Å².